The average molecular weight is 318 g/mol. The minimum Gasteiger partial charge on any atom is -0.306 e. The number of nitrogens with one attached hydrogen (secondary N) is 2. The van der Waals surface area contributed by atoms with Gasteiger partial charge in [0.05, 0.1) is 27.0 Å². The minimum atomic E-state index is -0.513. The summed E-state index contributed by atoms with van der Waals surface area (Å²) in [7, 11) is 0. The molecule has 1 heterocycles. The minimum absolute atomic E-state index is 0.281. The highest BCUT2D eigenvalue weighted by Crippen LogP contribution is 2.32. The number of halogens is 3. The van der Waals surface area contributed by atoms with Crippen LogP contribution < -0.4 is 10.6 Å². The van der Waals surface area contributed by atoms with Crippen LogP contribution in [0, 0.1) is 0 Å². The summed E-state index contributed by atoms with van der Waals surface area (Å²) in [5.74, 6) is 0.316. The summed E-state index contributed by atoms with van der Waals surface area (Å²) in [4.78, 5) is 19.4. The topological polar surface area (TPSA) is 66.9 Å². The summed E-state index contributed by atoms with van der Waals surface area (Å²) in [6, 6.07) is 2.40. The van der Waals surface area contributed by atoms with Crippen molar-refractivity contribution >= 4 is 52.3 Å². The van der Waals surface area contributed by atoms with Crippen LogP contribution >= 0.6 is 34.8 Å². The van der Waals surface area contributed by atoms with Crippen molar-refractivity contribution in [2.75, 3.05) is 10.6 Å². The second-order valence-corrected chi connectivity index (χ2v) is 4.64. The van der Waals surface area contributed by atoms with Crippen LogP contribution in [-0.2, 0) is 0 Å². The smallest absolute Gasteiger partial charge is 0.306 e. The van der Waals surface area contributed by atoms with E-state index in [0.717, 1.165) is 0 Å². The SMILES string of the molecule is O=C(Nc1cnccn1)Nc1cc(Cl)c(Cl)cc1Cl. The maximum absolute atomic E-state index is 11.7. The second-order valence-electron chi connectivity index (χ2n) is 3.42. The Morgan fingerprint density at radius 2 is 1.74 bits per heavy atom. The number of carbonyl (C=O) groups excluding carboxylic acids is 1. The first-order chi connectivity index (χ1) is 9.06. The Labute approximate surface area is 123 Å². The van der Waals surface area contributed by atoms with Crippen molar-refractivity contribution in [3.63, 3.8) is 0 Å². The molecule has 8 heteroatoms. The van der Waals surface area contributed by atoms with Crippen LogP contribution in [0.3, 0.4) is 0 Å². The number of benzene rings is 1. The van der Waals surface area contributed by atoms with Gasteiger partial charge in [0.2, 0.25) is 0 Å². The molecule has 2 rings (SSSR count). The number of nitrogens with zero attached hydrogens (tertiary/aromatic N) is 2. The number of carbonyl (C=O) groups is 1. The lowest BCUT2D eigenvalue weighted by Gasteiger charge is -2.09. The molecule has 0 saturated heterocycles. The summed E-state index contributed by atoms with van der Waals surface area (Å²) in [6.45, 7) is 0. The van der Waals surface area contributed by atoms with Crippen molar-refractivity contribution in [1.29, 1.82) is 0 Å². The zero-order valence-corrected chi connectivity index (χ0v) is 11.6. The van der Waals surface area contributed by atoms with Gasteiger partial charge in [0.15, 0.2) is 5.82 Å². The third kappa shape index (κ3) is 3.70. The standard InChI is InChI=1S/C11H7Cl3N4O/c12-6-3-8(14)9(4-7(6)13)17-11(19)18-10-5-15-1-2-16-10/h1-5H,(H2,16,17,18,19). The van der Waals surface area contributed by atoms with Crippen LogP contribution in [0.5, 0.6) is 0 Å². The number of aromatic nitrogens is 2. The van der Waals surface area contributed by atoms with Crippen molar-refractivity contribution in [3.8, 4) is 0 Å². The van der Waals surface area contributed by atoms with Gasteiger partial charge in [0.25, 0.3) is 0 Å². The van der Waals surface area contributed by atoms with Crippen LogP contribution in [0.15, 0.2) is 30.7 Å². The Hall–Kier alpha value is -1.56. The van der Waals surface area contributed by atoms with E-state index in [0.29, 0.717) is 21.6 Å². The van der Waals surface area contributed by atoms with E-state index < -0.39 is 6.03 Å². The average Bonchev–Trinajstić information content (AvgIpc) is 2.37. The van der Waals surface area contributed by atoms with E-state index in [2.05, 4.69) is 20.6 Å². The van der Waals surface area contributed by atoms with Gasteiger partial charge < -0.3 is 5.32 Å². The van der Waals surface area contributed by atoms with E-state index in [1.807, 2.05) is 0 Å². The number of hydrogen-bond donors (Lipinski definition) is 2. The van der Waals surface area contributed by atoms with Gasteiger partial charge in [-0.05, 0) is 12.1 Å². The zero-order chi connectivity index (χ0) is 13.8. The molecule has 0 saturated carbocycles. The van der Waals surface area contributed by atoms with Crippen LogP contribution in [-0.4, -0.2) is 16.0 Å². The predicted octanol–water partition coefficient (Wildman–Crippen LogP) is 4.08. The van der Waals surface area contributed by atoms with E-state index in [1.165, 1.54) is 30.7 Å². The molecule has 0 atom stereocenters. The molecule has 2 N–H and O–H groups in total. The lowest BCUT2D eigenvalue weighted by atomic mass is 10.3. The zero-order valence-electron chi connectivity index (χ0n) is 9.32. The van der Waals surface area contributed by atoms with Gasteiger partial charge >= 0.3 is 6.03 Å². The molecule has 0 radical (unpaired) electrons. The maximum atomic E-state index is 11.7. The lowest BCUT2D eigenvalue weighted by molar-refractivity contribution is 0.262. The van der Waals surface area contributed by atoms with Crippen molar-refractivity contribution < 1.29 is 4.79 Å². The Morgan fingerprint density at radius 1 is 1.00 bits per heavy atom. The highest BCUT2D eigenvalue weighted by atomic mass is 35.5. The molecule has 0 aliphatic rings. The molecule has 0 aliphatic carbocycles. The molecule has 98 valence electrons. The Balaban J connectivity index is 2.09. The molecule has 0 aliphatic heterocycles. The molecule has 2 aromatic rings. The number of urea groups is 1. The second kappa shape index (κ2) is 6.06. The van der Waals surface area contributed by atoms with Crippen LogP contribution in [0.25, 0.3) is 0 Å². The van der Waals surface area contributed by atoms with E-state index in [4.69, 9.17) is 34.8 Å². The summed E-state index contributed by atoms with van der Waals surface area (Å²) < 4.78 is 0. The first-order valence-corrected chi connectivity index (χ1v) is 6.18. The highest BCUT2D eigenvalue weighted by molar-refractivity contribution is 6.44. The number of amides is 2. The van der Waals surface area contributed by atoms with Crippen LogP contribution in [0.2, 0.25) is 15.1 Å². The molecular weight excluding hydrogens is 311 g/mol. The molecule has 0 spiro atoms. The van der Waals surface area contributed by atoms with Gasteiger partial charge in [-0.2, -0.15) is 0 Å². The van der Waals surface area contributed by atoms with Crippen molar-refractivity contribution in [2.45, 2.75) is 0 Å². The molecule has 1 aromatic heterocycles. The highest BCUT2D eigenvalue weighted by Gasteiger charge is 2.09. The van der Waals surface area contributed by atoms with Gasteiger partial charge in [0, 0.05) is 12.4 Å². The molecule has 0 fully saturated rings. The monoisotopic (exact) mass is 316 g/mol. The van der Waals surface area contributed by atoms with E-state index >= 15 is 0 Å². The van der Waals surface area contributed by atoms with Crippen molar-refractivity contribution in [1.82, 2.24) is 9.97 Å². The Kier molecular flexibility index (Phi) is 4.42. The molecular formula is C11H7Cl3N4O. The molecule has 1 aromatic carbocycles. The lowest BCUT2D eigenvalue weighted by Crippen LogP contribution is -2.20. The summed E-state index contributed by atoms with van der Waals surface area (Å²) in [6.07, 6.45) is 4.37. The molecule has 0 unspecified atom stereocenters. The van der Waals surface area contributed by atoms with E-state index in [1.54, 1.807) is 0 Å². The number of anilines is 2. The summed E-state index contributed by atoms with van der Waals surface area (Å²) in [5.41, 5.74) is 0.345. The molecule has 0 bridgehead atoms. The number of hydrogen-bond acceptors (Lipinski definition) is 3. The van der Waals surface area contributed by atoms with Gasteiger partial charge in [0.1, 0.15) is 0 Å². The first kappa shape index (κ1) is 13.9. The van der Waals surface area contributed by atoms with Gasteiger partial charge in [-0.25, -0.2) is 9.78 Å². The largest absolute Gasteiger partial charge is 0.324 e. The molecule has 19 heavy (non-hydrogen) atoms. The number of rotatable bonds is 2. The fourth-order valence-electron chi connectivity index (χ4n) is 1.25. The van der Waals surface area contributed by atoms with Crippen molar-refractivity contribution in [2.24, 2.45) is 0 Å². The third-order valence-corrected chi connectivity index (χ3v) is 3.10. The van der Waals surface area contributed by atoms with Crippen LogP contribution in [0.4, 0.5) is 16.3 Å². The summed E-state index contributed by atoms with van der Waals surface area (Å²) in [5, 5.41) is 5.91. The molecule has 2 amide bonds. The van der Waals surface area contributed by atoms with Gasteiger partial charge in [-0.1, -0.05) is 34.8 Å². The Bertz CT molecular complexity index is 606. The third-order valence-electron chi connectivity index (χ3n) is 2.06. The first-order valence-electron chi connectivity index (χ1n) is 5.05. The predicted molar refractivity (Wildman–Crippen MR) is 76.1 cm³/mol. The normalized spacial score (nSPS) is 10.1. The van der Waals surface area contributed by atoms with Crippen molar-refractivity contribution in [3.05, 3.63) is 45.8 Å². The molecule has 5 nitrogen and oxygen atoms in total. The quantitative estimate of drug-likeness (QED) is 0.820. The maximum Gasteiger partial charge on any atom is 0.324 e. The van der Waals surface area contributed by atoms with E-state index in [9.17, 15) is 4.79 Å². The summed E-state index contributed by atoms with van der Waals surface area (Å²) >= 11 is 17.6. The van der Waals surface area contributed by atoms with Gasteiger partial charge in [-0.15, -0.1) is 0 Å². The fraction of sp³-hybridized carbons (Fsp3) is 0. The fourth-order valence-corrected chi connectivity index (χ4v) is 1.85. The van der Waals surface area contributed by atoms with Crippen LogP contribution in [0.1, 0.15) is 0 Å². The van der Waals surface area contributed by atoms with E-state index in [-0.39, 0.29) is 5.02 Å². The Morgan fingerprint density at radius 3 is 2.42 bits per heavy atom. The van der Waals surface area contributed by atoms with Gasteiger partial charge in [-0.3, -0.25) is 10.3 Å².